The Morgan fingerprint density at radius 3 is 2.88 bits per heavy atom. The first-order valence-electron chi connectivity index (χ1n) is 5.87. The lowest BCUT2D eigenvalue weighted by Gasteiger charge is -2.16. The van der Waals surface area contributed by atoms with Crippen LogP contribution in [0.2, 0.25) is 0 Å². The standard InChI is InChI=1S/C12H23N3OS/c1-12(2,3)17-9-11-14-8-10(15-11)7-13-5-6-16-4/h8,13H,5-7,9H2,1-4H3,(H,14,15). The number of aromatic nitrogens is 2. The Kier molecular flexibility index (Phi) is 6.02. The quantitative estimate of drug-likeness (QED) is 0.735. The summed E-state index contributed by atoms with van der Waals surface area (Å²) in [7, 11) is 1.71. The monoisotopic (exact) mass is 257 g/mol. The molecule has 1 aromatic heterocycles. The van der Waals surface area contributed by atoms with Gasteiger partial charge in [-0.15, -0.1) is 11.8 Å². The first-order valence-corrected chi connectivity index (χ1v) is 6.86. The average Bonchev–Trinajstić information content (AvgIpc) is 2.69. The fourth-order valence-electron chi connectivity index (χ4n) is 1.25. The Morgan fingerprint density at radius 2 is 2.24 bits per heavy atom. The summed E-state index contributed by atoms with van der Waals surface area (Å²) in [6.45, 7) is 9.06. The first kappa shape index (κ1) is 14.5. The summed E-state index contributed by atoms with van der Waals surface area (Å²) in [6, 6.07) is 0. The van der Waals surface area contributed by atoms with E-state index in [0.29, 0.717) is 0 Å². The molecular formula is C12H23N3OS. The van der Waals surface area contributed by atoms with E-state index in [1.165, 1.54) is 0 Å². The third-order valence-electron chi connectivity index (χ3n) is 2.12. The number of hydrogen-bond acceptors (Lipinski definition) is 4. The van der Waals surface area contributed by atoms with Crippen LogP contribution in [0, 0.1) is 0 Å². The smallest absolute Gasteiger partial charge is 0.116 e. The van der Waals surface area contributed by atoms with E-state index in [2.05, 4.69) is 36.1 Å². The molecule has 0 fully saturated rings. The highest BCUT2D eigenvalue weighted by atomic mass is 32.2. The molecule has 1 heterocycles. The molecule has 0 spiro atoms. The highest BCUT2D eigenvalue weighted by Crippen LogP contribution is 2.25. The molecule has 0 aliphatic rings. The molecule has 0 aromatic carbocycles. The van der Waals surface area contributed by atoms with Gasteiger partial charge < -0.3 is 15.0 Å². The van der Waals surface area contributed by atoms with Gasteiger partial charge in [-0.25, -0.2) is 4.98 Å². The zero-order valence-electron chi connectivity index (χ0n) is 11.2. The van der Waals surface area contributed by atoms with Gasteiger partial charge in [0.1, 0.15) is 5.82 Å². The van der Waals surface area contributed by atoms with Crippen molar-refractivity contribution in [3.8, 4) is 0 Å². The minimum absolute atomic E-state index is 0.281. The second kappa shape index (κ2) is 7.03. The van der Waals surface area contributed by atoms with Crippen LogP contribution in [0.15, 0.2) is 6.20 Å². The summed E-state index contributed by atoms with van der Waals surface area (Å²) in [4.78, 5) is 7.70. The highest BCUT2D eigenvalue weighted by Gasteiger charge is 2.11. The molecule has 0 bridgehead atoms. The normalized spacial score (nSPS) is 12.0. The third kappa shape index (κ3) is 6.71. The number of nitrogens with one attached hydrogen (secondary N) is 2. The van der Waals surface area contributed by atoms with Crippen LogP contribution in [-0.4, -0.2) is 35.0 Å². The molecule has 4 nitrogen and oxygen atoms in total. The van der Waals surface area contributed by atoms with Crippen LogP contribution in [0.4, 0.5) is 0 Å². The van der Waals surface area contributed by atoms with Gasteiger partial charge in [0.15, 0.2) is 0 Å². The van der Waals surface area contributed by atoms with E-state index >= 15 is 0 Å². The van der Waals surface area contributed by atoms with Crippen LogP contribution >= 0.6 is 11.8 Å². The number of nitrogens with zero attached hydrogens (tertiary/aromatic N) is 1. The summed E-state index contributed by atoms with van der Waals surface area (Å²) in [5, 5.41) is 3.29. The summed E-state index contributed by atoms with van der Waals surface area (Å²) in [6.07, 6.45) is 1.90. The van der Waals surface area contributed by atoms with Crippen molar-refractivity contribution in [2.45, 2.75) is 37.8 Å². The fourth-order valence-corrected chi connectivity index (χ4v) is 1.97. The van der Waals surface area contributed by atoms with Gasteiger partial charge in [-0.3, -0.25) is 0 Å². The highest BCUT2D eigenvalue weighted by molar-refractivity contribution is 7.99. The van der Waals surface area contributed by atoms with Crippen molar-refractivity contribution in [2.75, 3.05) is 20.3 Å². The number of thioether (sulfide) groups is 1. The lowest BCUT2D eigenvalue weighted by atomic mass is 10.3. The zero-order valence-corrected chi connectivity index (χ0v) is 12.0. The molecule has 1 rings (SSSR count). The van der Waals surface area contributed by atoms with Crippen molar-refractivity contribution in [3.63, 3.8) is 0 Å². The van der Waals surface area contributed by atoms with Crippen molar-refractivity contribution in [2.24, 2.45) is 0 Å². The molecule has 0 unspecified atom stereocenters. The summed E-state index contributed by atoms with van der Waals surface area (Å²) in [5.41, 5.74) is 1.13. The molecule has 0 saturated carbocycles. The molecule has 17 heavy (non-hydrogen) atoms. The maximum atomic E-state index is 4.97. The maximum Gasteiger partial charge on any atom is 0.116 e. The fraction of sp³-hybridized carbons (Fsp3) is 0.750. The van der Waals surface area contributed by atoms with Gasteiger partial charge in [-0.2, -0.15) is 0 Å². The van der Waals surface area contributed by atoms with E-state index < -0.39 is 0 Å². The van der Waals surface area contributed by atoms with Crippen LogP contribution < -0.4 is 5.32 Å². The SMILES string of the molecule is COCCNCc1cnc(CSC(C)(C)C)[nH]1. The Balaban J connectivity index is 2.28. The lowest BCUT2D eigenvalue weighted by molar-refractivity contribution is 0.199. The summed E-state index contributed by atoms with van der Waals surface area (Å²) in [5.74, 6) is 1.98. The first-order chi connectivity index (χ1) is 8.01. The molecule has 0 atom stereocenters. The van der Waals surface area contributed by atoms with Crippen molar-refractivity contribution in [3.05, 3.63) is 17.7 Å². The number of methoxy groups -OCH3 is 1. The molecule has 1 aromatic rings. The molecule has 0 aliphatic heterocycles. The van der Waals surface area contributed by atoms with Crippen LogP contribution in [-0.2, 0) is 17.0 Å². The molecule has 5 heteroatoms. The van der Waals surface area contributed by atoms with Gasteiger partial charge >= 0.3 is 0 Å². The number of aromatic amines is 1. The van der Waals surface area contributed by atoms with Crippen molar-refractivity contribution >= 4 is 11.8 Å². The molecule has 0 radical (unpaired) electrons. The number of imidazole rings is 1. The predicted molar refractivity (Wildman–Crippen MR) is 73.2 cm³/mol. The molecule has 0 aliphatic carbocycles. The van der Waals surface area contributed by atoms with E-state index in [0.717, 1.165) is 37.0 Å². The van der Waals surface area contributed by atoms with Crippen molar-refractivity contribution < 1.29 is 4.74 Å². The number of hydrogen-bond donors (Lipinski definition) is 2. The Hall–Kier alpha value is -0.520. The number of H-pyrrole nitrogens is 1. The molecule has 98 valence electrons. The van der Waals surface area contributed by atoms with Crippen molar-refractivity contribution in [1.29, 1.82) is 0 Å². The van der Waals surface area contributed by atoms with Gasteiger partial charge in [0, 0.05) is 36.8 Å². The minimum Gasteiger partial charge on any atom is -0.383 e. The molecule has 0 saturated heterocycles. The van der Waals surface area contributed by atoms with E-state index in [1.54, 1.807) is 7.11 Å². The van der Waals surface area contributed by atoms with E-state index in [4.69, 9.17) is 4.74 Å². The zero-order chi connectivity index (χ0) is 12.7. The van der Waals surface area contributed by atoms with Gasteiger partial charge in [-0.1, -0.05) is 20.8 Å². The average molecular weight is 257 g/mol. The maximum absolute atomic E-state index is 4.97. The van der Waals surface area contributed by atoms with Crippen molar-refractivity contribution in [1.82, 2.24) is 15.3 Å². The van der Waals surface area contributed by atoms with Gasteiger partial charge in [0.25, 0.3) is 0 Å². The van der Waals surface area contributed by atoms with Crippen LogP contribution in [0.25, 0.3) is 0 Å². The van der Waals surface area contributed by atoms with Crippen LogP contribution in [0.1, 0.15) is 32.3 Å². The van der Waals surface area contributed by atoms with E-state index in [1.807, 2.05) is 18.0 Å². The largest absolute Gasteiger partial charge is 0.383 e. The third-order valence-corrected chi connectivity index (χ3v) is 3.41. The second-order valence-electron chi connectivity index (χ2n) is 4.93. The van der Waals surface area contributed by atoms with E-state index in [9.17, 15) is 0 Å². The predicted octanol–water partition coefficient (Wildman–Crippen LogP) is 2.18. The van der Waals surface area contributed by atoms with Gasteiger partial charge in [0.05, 0.1) is 12.4 Å². The topological polar surface area (TPSA) is 49.9 Å². The minimum atomic E-state index is 0.281. The molecule has 0 amide bonds. The van der Waals surface area contributed by atoms with Gasteiger partial charge in [-0.05, 0) is 0 Å². The Morgan fingerprint density at radius 1 is 1.47 bits per heavy atom. The second-order valence-corrected chi connectivity index (χ2v) is 6.73. The molecule has 2 N–H and O–H groups in total. The number of ether oxygens (including phenoxy) is 1. The Bertz CT molecular complexity index is 320. The Labute approximate surface area is 108 Å². The number of rotatable bonds is 7. The van der Waals surface area contributed by atoms with Gasteiger partial charge in [0.2, 0.25) is 0 Å². The van der Waals surface area contributed by atoms with Crippen LogP contribution in [0.5, 0.6) is 0 Å². The summed E-state index contributed by atoms with van der Waals surface area (Å²) < 4.78 is 5.25. The molecular weight excluding hydrogens is 234 g/mol. The lowest BCUT2D eigenvalue weighted by Crippen LogP contribution is -2.18. The van der Waals surface area contributed by atoms with Crippen LogP contribution in [0.3, 0.4) is 0 Å². The summed E-state index contributed by atoms with van der Waals surface area (Å²) >= 11 is 1.90. The van der Waals surface area contributed by atoms with E-state index in [-0.39, 0.29) is 4.75 Å².